The second kappa shape index (κ2) is 9.39. The Morgan fingerprint density at radius 3 is 2.72 bits per heavy atom. The Bertz CT molecular complexity index is 598. The van der Waals surface area contributed by atoms with Gasteiger partial charge in [0.15, 0.2) is 0 Å². The molecule has 1 aliphatic rings. The lowest BCUT2D eigenvalue weighted by Crippen LogP contribution is -2.41. The lowest BCUT2D eigenvalue weighted by Gasteiger charge is -2.23. The maximum absolute atomic E-state index is 12.3. The normalized spacial score (nSPS) is 17.2. The third kappa shape index (κ3) is 6.03. The van der Waals surface area contributed by atoms with E-state index < -0.39 is 0 Å². The van der Waals surface area contributed by atoms with Crippen LogP contribution >= 0.6 is 0 Å². The van der Waals surface area contributed by atoms with Crippen molar-refractivity contribution in [3.63, 3.8) is 0 Å². The van der Waals surface area contributed by atoms with Crippen LogP contribution in [0.25, 0.3) is 0 Å². The van der Waals surface area contributed by atoms with E-state index in [4.69, 9.17) is 9.47 Å². The lowest BCUT2D eigenvalue weighted by molar-refractivity contribution is -0.0852. The van der Waals surface area contributed by atoms with Gasteiger partial charge in [0.1, 0.15) is 0 Å². The van der Waals surface area contributed by atoms with Crippen molar-refractivity contribution >= 4 is 17.6 Å². The minimum atomic E-state index is -0.336. The molecule has 1 aromatic carbocycles. The molecule has 7 nitrogen and oxygen atoms in total. The lowest BCUT2D eigenvalue weighted by atomic mass is 10.1. The Morgan fingerprint density at radius 1 is 1.24 bits per heavy atom. The molecule has 1 heterocycles. The second-order valence-corrected chi connectivity index (χ2v) is 6.48. The van der Waals surface area contributed by atoms with E-state index >= 15 is 0 Å². The topological polar surface area (TPSA) is 88.7 Å². The molecule has 0 spiro atoms. The van der Waals surface area contributed by atoms with Crippen molar-refractivity contribution in [2.45, 2.75) is 26.9 Å². The number of benzene rings is 1. The van der Waals surface area contributed by atoms with Crippen LogP contribution < -0.4 is 16.0 Å². The van der Waals surface area contributed by atoms with Gasteiger partial charge in [-0.05, 0) is 30.5 Å². The molecule has 25 heavy (non-hydrogen) atoms. The molecule has 0 aromatic heterocycles. The van der Waals surface area contributed by atoms with E-state index in [0.717, 1.165) is 5.56 Å². The Morgan fingerprint density at radius 2 is 2.04 bits per heavy atom. The quantitative estimate of drug-likeness (QED) is 0.732. The summed E-state index contributed by atoms with van der Waals surface area (Å²) in [5.41, 5.74) is 1.90. The molecule has 1 saturated heterocycles. The molecule has 1 atom stereocenters. The average Bonchev–Trinajstić information content (AvgIpc) is 2.60. The van der Waals surface area contributed by atoms with Crippen LogP contribution in [0, 0.1) is 12.8 Å². The molecular weight excluding hydrogens is 322 g/mol. The zero-order chi connectivity index (χ0) is 18.2. The molecule has 0 aliphatic carbocycles. The summed E-state index contributed by atoms with van der Waals surface area (Å²) in [5.74, 6) is 0.241. The van der Waals surface area contributed by atoms with Gasteiger partial charge in [0.2, 0.25) is 0 Å². The van der Waals surface area contributed by atoms with E-state index in [-0.39, 0.29) is 18.0 Å². The van der Waals surface area contributed by atoms with Gasteiger partial charge < -0.3 is 25.4 Å². The summed E-state index contributed by atoms with van der Waals surface area (Å²) in [5, 5.41) is 8.43. The van der Waals surface area contributed by atoms with Crippen LogP contribution in [0.2, 0.25) is 0 Å². The van der Waals surface area contributed by atoms with Crippen molar-refractivity contribution < 1.29 is 19.1 Å². The van der Waals surface area contributed by atoms with Crippen molar-refractivity contribution in [3.8, 4) is 0 Å². The summed E-state index contributed by atoms with van der Waals surface area (Å²) < 4.78 is 10.8. The summed E-state index contributed by atoms with van der Waals surface area (Å²) in [6, 6.07) is 4.94. The number of anilines is 1. The van der Waals surface area contributed by atoms with Crippen LogP contribution in [0.3, 0.4) is 0 Å². The van der Waals surface area contributed by atoms with Gasteiger partial charge >= 0.3 is 6.03 Å². The SMILES string of the molecule is Cc1c(NC(=O)NC[C@H]2COCCO2)cccc1C(=O)NCC(C)C. The molecule has 2 rings (SSSR count). The first-order valence-electron chi connectivity index (χ1n) is 8.59. The highest BCUT2D eigenvalue weighted by Crippen LogP contribution is 2.19. The second-order valence-electron chi connectivity index (χ2n) is 6.48. The third-order valence-electron chi connectivity index (χ3n) is 3.87. The van der Waals surface area contributed by atoms with Gasteiger partial charge in [-0.15, -0.1) is 0 Å². The van der Waals surface area contributed by atoms with Gasteiger partial charge in [0, 0.05) is 24.3 Å². The largest absolute Gasteiger partial charge is 0.376 e. The molecule has 3 amide bonds. The predicted molar refractivity (Wildman–Crippen MR) is 95.9 cm³/mol. The fourth-order valence-electron chi connectivity index (χ4n) is 2.44. The molecule has 7 heteroatoms. The van der Waals surface area contributed by atoms with E-state index in [0.29, 0.717) is 50.1 Å². The monoisotopic (exact) mass is 349 g/mol. The molecule has 1 aromatic rings. The van der Waals surface area contributed by atoms with E-state index in [9.17, 15) is 9.59 Å². The van der Waals surface area contributed by atoms with Crippen molar-refractivity contribution in [2.75, 3.05) is 38.2 Å². The van der Waals surface area contributed by atoms with Crippen molar-refractivity contribution in [2.24, 2.45) is 5.92 Å². The first-order chi connectivity index (χ1) is 12.0. The molecule has 0 radical (unpaired) electrons. The van der Waals surface area contributed by atoms with Crippen molar-refractivity contribution in [1.29, 1.82) is 0 Å². The van der Waals surface area contributed by atoms with Gasteiger partial charge in [-0.1, -0.05) is 19.9 Å². The van der Waals surface area contributed by atoms with Gasteiger partial charge in [-0.25, -0.2) is 4.79 Å². The Hall–Kier alpha value is -2.12. The number of amides is 3. The maximum Gasteiger partial charge on any atom is 0.319 e. The Labute approximate surface area is 148 Å². The average molecular weight is 349 g/mol. The molecule has 0 saturated carbocycles. The third-order valence-corrected chi connectivity index (χ3v) is 3.87. The van der Waals surface area contributed by atoms with Gasteiger partial charge in [-0.2, -0.15) is 0 Å². The smallest absolute Gasteiger partial charge is 0.319 e. The number of nitrogens with one attached hydrogen (secondary N) is 3. The number of urea groups is 1. The van der Waals surface area contributed by atoms with Crippen LogP contribution in [-0.2, 0) is 9.47 Å². The standard InChI is InChI=1S/C18H27N3O4/c1-12(2)9-19-17(22)15-5-4-6-16(13(15)3)21-18(23)20-10-14-11-24-7-8-25-14/h4-6,12,14H,7-11H2,1-3H3,(H,19,22)(H2,20,21,23)/t14-/m0/s1. The highest BCUT2D eigenvalue weighted by atomic mass is 16.6. The number of hydrogen-bond acceptors (Lipinski definition) is 4. The van der Waals surface area contributed by atoms with E-state index in [1.165, 1.54) is 0 Å². The van der Waals surface area contributed by atoms with Crippen LogP contribution in [0.5, 0.6) is 0 Å². The highest BCUT2D eigenvalue weighted by molar-refractivity contribution is 5.99. The summed E-state index contributed by atoms with van der Waals surface area (Å²) in [6.07, 6.45) is -0.131. The summed E-state index contributed by atoms with van der Waals surface area (Å²) >= 11 is 0. The van der Waals surface area contributed by atoms with Gasteiger partial charge in [0.05, 0.1) is 25.9 Å². The number of hydrogen-bond donors (Lipinski definition) is 3. The van der Waals surface area contributed by atoms with Crippen LogP contribution in [-0.4, -0.2) is 51.0 Å². The molecule has 138 valence electrons. The molecule has 3 N–H and O–H groups in total. The number of rotatable bonds is 6. The molecule has 1 aliphatic heterocycles. The van der Waals surface area contributed by atoms with Crippen LogP contribution in [0.1, 0.15) is 29.8 Å². The van der Waals surface area contributed by atoms with E-state index in [2.05, 4.69) is 16.0 Å². The number of carbonyl (C=O) groups excluding carboxylic acids is 2. The zero-order valence-electron chi connectivity index (χ0n) is 15.1. The molecule has 0 bridgehead atoms. The Kier molecular flexibility index (Phi) is 7.21. The molecular formula is C18H27N3O4. The highest BCUT2D eigenvalue weighted by Gasteiger charge is 2.16. The van der Waals surface area contributed by atoms with Crippen LogP contribution in [0.15, 0.2) is 18.2 Å². The van der Waals surface area contributed by atoms with Crippen molar-refractivity contribution in [3.05, 3.63) is 29.3 Å². The first kappa shape index (κ1) is 19.2. The summed E-state index contributed by atoms with van der Waals surface area (Å²) in [4.78, 5) is 24.4. The minimum Gasteiger partial charge on any atom is -0.376 e. The van der Waals surface area contributed by atoms with Crippen LogP contribution in [0.4, 0.5) is 10.5 Å². The molecule has 0 unspecified atom stereocenters. The predicted octanol–water partition coefficient (Wildman–Crippen LogP) is 1.92. The zero-order valence-corrected chi connectivity index (χ0v) is 15.1. The minimum absolute atomic E-state index is 0.131. The van der Waals surface area contributed by atoms with Gasteiger partial charge in [0.25, 0.3) is 5.91 Å². The number of carbonyl (C=O) groups is 2. The van der Waals surface area contributed by atoms with E-state index in [1.807, 2.05) is 20.8 Å². The summed E-state index contributed by atoms with van der Waals surface area (Å²) in [7, 11) is 0. The fraction of sp³-hybridized carbons (Fsp3) is 0.556. The Balaban J connectivity index is 1.91. The number of ether oxygens (including phenoxy) is 2. The van der Waals surface area contributed by atoms with Crippen molar-refractivity contribution in [1.82, 2.24) is 10.6 Å². The summed E-state index contributed by atoms with van der Waals surface area (Å²) in [6.45, 7) is 8.49. The van der Waals surface area contributed by atoms with E-state index in [1.54, 1.807) is 18.2 Å². The fourth-order valence-corrected chi connectivity index (χ4v) is 2.44. The first-order valence-corrected chi connectivity index (χ1v) is 8.59. The van der Waals surface area contributed by atoms with Gasteiger partial charge in [-0.3, -0.25) is 4.79 Å². The maximum atomic E-state index is 12.3. The molecule has 1 fully saturated rings.